The van der Waals surface area contributed by atoms with Crippen molar-refractivity contribution in [2.75, 3.05) is 19.5 Å². The van der Waals surface area contributed by atoms with E-state index in [1.165, 1.54) is 24.3 Å². The third-order valence-corrected chi connectivity index (χ3v) is 6.38. The second-order valence-electron chi connectivity index (χ2n) is 7.74. The molecule has 12 heteroatoms. The zero-order valence-electron chi connectivity index (χ0n) is 19.0. The number of halogens is 1. The van der Waals surface area contributed by atoms with Crippen molar-refractivity contribution in [2.24, 2.45) is 5.73 Å². The Morgan fingerprint density at radius 1 is 1.17 bits per heavy atom. The molecule has 186 valence electrons. The van der Waals surface area contributed by atoms with E-state index >= 15 is 0 Å². The number of sulfone groups is 1. The Morgan fingerprint density at radius 3 is 2.46 bits per heavy atom. The molecule has 0 spiro atoms. The van der Waals surface area contributed by atoms with Crippen LogP contribution in [0.3, 0.4) is 0 Å². The Labute approximate surface area is 201 Å². The van der Waals surface area contributed by atoms with Gasteiger partial charge in [-0.1, -0.05) is 18.2 Å². The Hall–Kier alpha value is -3.77. The molecule has 1 heterocycles. The molecule has 3 aromatic rings. The first kappa shape index (κ1) is 25.8. The van der Waals surface area contributed by atoms with Crippen LogP contribution in [0.5, 0.6) is 0 Å². The molecule has 2 N–H and O–H groups in total. The molecule has 2 aromatic carbocycles. The molecule has 0 radical (unpaired) electrons. The van der Waals surface area contributed by atoms with Gasteiger partial charge in [-0.05, 0) is 48.9 Å². The third-order valence-electron chi connectivity index (χ3n) is 5.25. The molecule has 3 rings (SSSR count). The van der Waals surface area contributed by atoms with Crippen molar-refractivity contribution in [1.82, 2.24) is 4.57 Å². The summed E-state index contributed by atoms with van der Waals surface area (Å²) in [7, 11) is -3.40. The second kappa shape index (κ2) is 10.7. The van der Waals surface area contributed by atoms with Gasteiger partial charge in [0, 0.05) is 29.6 Å². The lowest BCUT2D eigenvalue weighted by molar-refractivity contribution is -0.757. The molecule has 35 heavy (non-hydrogen) atoms. The lowest BCUT2D eigenvalue weighted by atomic mass is 10.1. The lowest BCUT2D eigenvalue weighted by Gasteiger charge is -2.14. The molecule has 1 unspecified atom stereocenters. The fourth-order valence-electron chi connectivity index (χ4n) is 3.56. The molecular formula is C23H24FN3O7S. The Kier molecular flexibility index (Phi) is 7.87. The van der Waals surface area contributed by atoms with E-state index in [-0.39, 0.29) is 24.5 Å². The van der Waals surface area contributed by atoms with Gasteiger partial charge in [0.05, 0.1) is 23.8 Å². The van der Waals surface area contributed by atoms with Gasteiger partial charge in [0.1, 0.15) is 11.9 Å². The van der Waals surface area contributed by atoms with E-state index in [2.05, 4.69) is 4.84 Å². The lowest BCUT2D eigenvalue weighted by Crippen LogP contribution is -2.25. The van der Waals surface area contributed by atoms with Gasteiger partial charge in [-0.2, -0.15) is 0 Å². The molecular weight excluding hydrogens is 481 g/mol. The van der Waals surface area contributed by atoms with Crippen molar-refractivity contribution in [1.29, 1.82) is 0 Å². The van der Waals surface area contributed by atoms with Crippen LogP contribution in [-0.4, -0.2) is 43.5 Å². The van der Waals surface area contributed by atoms with Crippen LogP contribution in [0.25, 0.3) is 16.9 Å². The number of esters is 1. The molecule has 1 aromatic heterocycles. The molecule has 0 fully saturated rings. The number of carbonyl (C=O) groups is 1. The predicted molar refractivity (Wildman–Crippen MR) is 124 cm³/mol. The Morgan fingerprint density at radius 2 is 1.86 bits per heavy atom. The number of benzene rings is 2. The first-order valence-electron chi connectivity index (χ1n) is 10.5. The van der Waals surface area contributed by atoms with Crippen LogP contribution < -0.4 is 5.73 Å². The second-order valence-corrected chi connectivity index (χ2v) is 9.75. The zero-order valence-corrected chi connectivity index (χ0v) is 19.8. The Bertz CT molecular complexity index is 1340. The van der Waals surface area contributed by atoms with Gasteiger partial charge in [0.25, 0.3) is 5.09 Å². The zero-order chi connectivity index (χ0) is 25.8. The van der Waals surface area contributed by atoms with Crippen molar-refractivity contribution in [3.8, 4) is 16.9 Å². The maximum atomic E-state index is 14.0. The Balaban J connectivity index is 1.96. The van der Waals surface area contributed by atoms with E-state index in [0.29, 0.717) is 28.2 Å². The largest absolute Gasteiger partial charge is 0.464 e. The highest BCUT2D eigenvalue weighted by Crippen LogP contribution is 2.33. The van der Waals surface area contributed by atoms with Crippen molar-refractivity contribution in [2.45, 2.75) is 24.3 Å². The van der Waals surface area contributed by atoms with Crippen molar-refractivity contribution < 1.29 is 32.3 Å². The fourth-order valence-corrected chi connectivity index (χ4v) is 4.19. The monoisotopic (exact) mass is 505 g/mol. The summed E-state index contributed by atoms with van der Waals surface area (Å²) in [4.78, 5) is 27.0. The number of hydrogen-bond acceptors (Lipinski definition) is 8. The minimum Gasteiger partial charge on any atom is -0.464 e. The van der Waals surface area contributed by atoms with Crippen LogP contribution in [0, 0.1) is 22.9 Å². The highest BCUT2D eigenvalue weighted by molar-refractivity contribution is 7.90. The smallest absolute Gasteiger partial charge is 0.327 e. The molecule has 0 bridgehead atoms. The van der Waals surface area contributed by atoms with E-state index in [4.69, 9.17) is 10.5 Å². The summed E-state index contributed by atoms with van der Waals surface area (Å²) in [5, 5.41) is 9.25. The predicted octanol–water partition coefficient (Wildman–Crippen LogP) is 3.14. The number of rotatable bonds is 10. The summed E-state index contributed by atoms with van der Waals surface area (Å²) in [5.41, 5.74) is 8.80. The maximum Gasteiger partial charge on any atom is 0.327 e. The molecule has 0 saturated carbocycles. The van der Waals surface area contributed by atoms with Crippen LogP contribution in [0.15, 0.2) is 59.5 Å². The average molecular weight is 506 g/mol. The first-order chi connectivity index (χ1) is 16.5. The summed E-state index contributed by atoms with van der Waals surface area (Å²) >= 11 is 0. The normalized spacial score (nSPS) is 12.2. The molecule has 0 aliphatic carbocycles. The summed E-state index contributed by atoms with van der Waals surface area (Å²) in [6.45, 7) is 1.37. The minimum atomic E-state index is -3.40. The minimum absolute atomic E-state index is 0.112. The van der Waals surface area contributed by atoms with Gasteiger partial charge >= 0.3 is 5.97 Å². The number of ether oxygens (including phenoxy) is 1. The summed E-state index contributed by atoms with van der Waals surface area (Å²) < 4.78 is 44.5. The fraction of sp³-hybridized carbons (Fsp3) is 0.261. The van der Waals surface area contributed by atoms with Crippen LogP contribution in [0.4, 0.5) is 4.39 Å². The van der Waals surface area contributed by atoms with Crippen molar-refractivity contribution >= 4 is 15.8 Å². The number of nitrogens with zero attached hydrogens (tertiary/aromatic N) is 2. The van der Waals surface area contributed by atoms with Crippen molar-refractivity contribution in [3.05, 3.63) is 81.8 Å². The highest BCUT2D eigenvalue weighted by Gasteiger charge is 2.25. The number of nitrogens with two attached hydrogens (primary N) is 1. The number of carbonyl (C=O) groups excluding carboxylic acids is 1. The van der Waals surface area contributed by atoms with Gasteiger partial charge in [0.2, 0.25) is 0 Å². The van der Waals surface area contributed by atoms with Gasteiger partial charge in [-0.25, -0.2) is 17.6 Å². The molecule has 0 saturated heterocycles. The molecule has 10 nitrogen and oxygen atoms in total. The summed E-state index contributed by atoms with van der Waals surface area (Å²) in [6.07, 6.45) is 1.22. The molecule has 0 aliphatic heterocycles. The van der Waals surface area contributed by atoms with E-state index in [9.17, 15) is 27.7 Å². The summed E-state index contributed by atoms with van der Waals surface area (Å²) in [5.74, 6) is -1.21. The van der Waals surface area contributed by atoms with Crippen LogP contribution in [0.2, 0.25) is 0 Å². The van der Waals surface area contributed by atoms with E-state index in [1.54, 1.807) is 41.8 Å². The van der Waals surface area contributed by atoms with Gasteiger partial charge in [-0.15, -0.1) is 10.1 Å². The standard InChI is InChI=1S/C23H24FN3O7S/c1-15-20(22(25)23(28)33-11-4-12-34-27(29)30)14-21(26(15)18-6-3-5-17(24)13-18)16-7-9-19(10-8-16)35(2,31)32/h3,5-10,13-14,22H,4,11-12,25H2,1-2H3. The van der Waals surface area contributed by atoms with Gasteiger partial charge < -0.3 is 19.9 Å². The van der Waals surface area contributed by atoms with Crippen LogP contribution in [0.1, 0.15) is 23.7 Å². The van der Waals surface area contributed by atoms with Crippen LogP contribution in [-0.2, 0) is 24.2 Å². The average Bonchev–Trinajstić information content (AvgIpc) is 3.14. The quantitative estimate of drug-likeness (QED) is 0.192. The first-order valence-corrected chi connectivity index (χ1v) is 12.4. The molecule has 1 atom stereocenters. The van der Waals surface area contributed by atoms with Gasteiger partial charge in [-0.3, -0.25) is 0 Å². The highest BCUT2D eigenvalue weighted by atomic mass is 32.2. The van der Waals surface area contributed by atoms with Crippen LogP contribution >= 0.6 is 0 Å². The summed E-state index contributed by atoms with van der Waals surface area (Å²) in [6, 6.07) is 12.5. The molecule has 0 aliphatic rings. The SMILES string of the molecule is Cc1c(C(N)C(=O)OCCCO[N+](=O)[O-])cc(-c2ccc(S(C)(=O)=O)cc2)n1-c1cccc(F)c1. The molecule has 0 amide bonds. The van der Waals surface area contributed by atoms with E-state index in [1.807, 2.05) is 0 Å². The van der Waals surface area contributed by atoms with Gasteiger partial charge in [0.15, 0.2) is 9.84 Å². The van der Waals surface area contributed by atoms with Crippen molar-refractivity contribution in [3.63, 3.8) is 0 Å². The maximum absolute atomic E-state index is 14.0. The van der Waals surface area contributed by atoms with E-state index < -0.39 is 32.8 Å². The number of hydrogen-bond donors (Lipinski definition) is 1. The van der Waals surface area contributed by atoms with E-state index in [0.717, 1.165) is 6.26 Å². The third kappa shape index (κ3) is 6.22. The topological polar surface area (TPSA) is 144 Å². The number of aromatic nitrogens is 1.